The highest BCUT2D eigenvalue weighted by molar-refractivity contribution is 4.84. The Morgan fingerprint density at radius 1 is 1.38 bits per heavy atom. The van der Waals surface area contributed by atoms with Gasteiger partial charge in [0.1, 0.15) is 0 Å². The van der Waals surface area contributed by atoms with E-state index >= 15 is 0 Å². The van der Waals surface area contributed by atoms with Crippen LogP contribution in [0.25, 0.3) is 0 Å². The van der Waals surface area contributed by atoms with Gasteiger partial charge in [-0.15, -0.1) is 6.58 Å². The summed E-state index contributed by atoms with van der Waals surface area (Å²) < 4.78 is 37.7. The lowest BCUT2D eigenvalue weighted by molar-refractivity contribution is -0.186. The van der Waals surface area contributed by atoms with Crippen molar-refractivity contribution in [2.24, 2.45) is 17.6 Å². The molecule has 3 unspecified atom stereocenters. The molecule has 0 heterocycles. The van der Waals surface area contributed by atoms with Gasteiger partial charge in [0.2, 0.25) is 0 Å². The van der Waals surface area contributed by atoms with Crippen LogP contribution >= 0.6 is 0 Å². The van der Waals surface area contributed by atoms with Crippen LogP contribution in [0.15, 0.2) is 12.7 Å². The minimum absolute atomic E-state index is 0.0281. The lowest BCUT2D eigenvalue weighted by Gasteiger charge is -2.33. The maximum Gasteiger partial charge on any atom is 0.391 e. The minimum atomic E-state index is -4.04. The van der Waals surface area contributed by atoms with E-state index in [1.807, 2.05) is 0 Å². The number of nitrogens with two attached hydrogens (primary N) is 1. The molecule has 0 spiro atoms. The maximum atomic E-state index is 12.6. The average molecular weight is 235 g/mol. The van der Waals surface area contributed by atoms with Crippen molar-refractivity contribution in [3.05, 3.63) is 12.7 Å². The van der Waals surface area contributed by atoms with E-state index < -0.39 is 12.1 Å². The molecule has 0 aromatic heterocycles. The Kier molecular flexibility index (Phi) is 4.84. The molecule has 0 aromatic carbocycles. The van der Waals surface area contributed by atoms with Gasteiger partial charge in [0.05, 0.1) is 5.92 Å². The monoisotopic (exact) mass is 235 g/mol. The smallest absolute Gasteiger partial charge is 0.327 e. The summed E-state index contributed by atoms with van der Waals surface area (Å²) in [7, 11) is 0. The van der Waals surface area contributed by atoms with Gasteiger partial charge in [0.25, 0.3) is 0 Å². The second kappa shape index (κ2) is 5.71. The summed E-state index contributed by atoms with van der Waals surface area (Å²) >= 11 is 0. The fourth-order valence-corrected chi connectivity index (χ4v) is 2.46. The number of hydrogen-bond donors (Lipinski definition) is 1. The SMILES string of the molecule is C=CCCC(N)C1CCCC(C(F)(F)F)C1. The van der Waals surface area contributed by atoms with Crippen LogP contribution in [0.4, 0.5) is 13.2 Å². The minimum Gasteiger partial charge on any atom is -0.327 e. The summed E-state index contributed by atoms with van der Waals surface area (Å²) in [5.41, 5.74) is 5.92. The van der Waals surface area contributed by atoms with Crippen LogP contribution in [-0.4, -0.2) is 12.2 Å². The van der Waals surface area contributed by atoms with Gasteiger partial charge in [-0.25, -0.2) is 0 Å². The molecule has 0 amide bonds. The first-order valence-corrected chi connectivity index (χ1v) is 5.88. The molecule has 3 atom stereocenters. The van der Waals surface area contributed by atoms with Crippen LogP contribution < -0.4 is 5.73 Å². The first kappa shape index (κ1) is 13.6. The molecule has 1 rings (SSSR count). The summed E-state index contributed by atoms with van der Waals surface area (Å²) in [5, 5.41) is 0. The third-order valence-corrected chi connectivity index (χ3v) is 3.49. The Labute approximate surface area is 94.9 Å². The molecular weight excluding hydrogens is 215 g/mol. The molecule has 16 heavy (non-hydrogen) atoms. The summed E-state index contributed by atoms with van der Waals surface area (Å²) in [6, 6.07) is -0.108. The van der Waals surface area contributed by atoms with Crippen molar-refractivity contribution >= 4 is 0 Å². The van der Waals surface area contributed by atoms with Crippen molar-refractivity contribution < 1.29 is 13.2 Å². The average Bonchev–Trinajstić information content (AvgIpc) is 2.25. The second-order valence-electron chi connectivity index (χ2n) is 4.70. The van der Waals surface area contributed by atoms with E-state index in [0.29, 0.717) is 6.42 Å². The standard InChI is InChI=1S/C12H20F3N/c1-2-3-7-11(16)9-5-4-6-10(8-9)12(13,14)15/h2,9-11H,1,3-8,16H2. The fourth-order valence-electron chi connectivity index (χ4n) is 2.46. The predicted octanol–water partition coefficient (Wildman–Crippen LogP) is 3.65. The predicted molar refractivity (Wildman–Crippen MR) is 58.9 cm³/mol. The highest BCUT2D eigenvalue weighted by Gasteiger charge is 2.42. The van der Waals surface area contributed by atoms with Crippen molar-refractivity contribution in [3.8, 4) is 0 Å². The van der Waals surface area contributed by atoms with Gasteiger partial charge >= 0.3 is 6.18 Å². The summed E-state index contributed by atoms with van der Waals surface area (Å²) in [6.45, 7) is 3.60. The van der Waals surface area contributed by atoms with Gasteiger partial charge < -0.3 is 5.73 Å². The largest absolute Gasteiger partial charge is 0.391 e. The van der Waals surface area contributed by atoms with E-state index in [-0.39, 0.29) is 24.8 Å². The molecule has 94 valence electrons. The third kappa shape index (κ3) is 3.81. The molecule has 0 aromatic rings. The Morgan fingerprint density at radius 2 is 2.06 bits per heavy atom. The molecule has 1 nitrogen and oxygen atoms in total. The Bertz CT molecular complexity index is 225. The van der Waals surface area contributed by atoms with Gasteiger partial charge in [-0.1, -0.05) is 12.5 Å². The number of rotatable bonds is 4. The topological polar surface area (TPSA) is 26.0 Å². The quantitative estimate of drug-likeness (QED) is 0.739. The third-order valence-electron chi connectivity index (χ3n) is 3.49. The zero-order valence-electron chi connectivity index (χ0n) is 9.47. The molecule has 0 bridgehead atoms. The Hall–Kier alpha value is -0.510. The summed E-state index contributed by atoms with van der Waals surface area (Å²) in [5.74, 6) is -1.11. The molecule has 2 N–H and O–H groups in total. The molecule has 1 saturated carbocycles. The van der Waals surface area contributed by atoms with E-state index in [1.54, 1.807) is 6.08 Å². The van der Waals surface area contributed by atoms with Crippen molar-refractivity contribution in [1.82, 2.24) is 0 Å². The Balaban J connectivity index is 2.46. The zero-order valence-corrected chi connectivity index (χ0v) is 9.47. The normalized spacial score (nSPS) is 28.8. The molecule has 0 aliphatic heterocycles. The van der Waals surface area contributed by atoms with Gasteiger partial charge in [0.15, 0.2) is 0 Å². The molecule has 0 saturated heterocycles. The van der Waals surface area contributed by atoms with Crippen molar-refractivity contribution in [1.29, 1.82) is 0 Å². The van der Waals surface area contributed by atoms with Crippen LogP contribution in [0.3, 0.4) is 0 Å². The van der Waals surface area contributed by atoms with Crippen molar-refractivity contribution in [2.45, 2.75) is 50.7 Å². The molecule has 0 radical (unpaired) electrons. The first-order valence-electron chi connectivity index (χ1n) is 5.88. The zero-order chi connectivity index (χ0) is 12.2. The molecular formula is C12H20F3N. The molecule has 4 heteroatoms. The van der Waals surface area contributed by atoms with Gasteiger partial charge in [0, 0.05) is 6.04 Å². The maximum absolute atomic E-state index is 12.6. The summed E-state index contributed by atoms with van der Waals surface area (Å²) in [6.07, 6.45) is 1.23. The van der Waals surface area contributed by atoms with E-state index in [2.05, 4.69) is 6.58 Å². The first-order chi connectivity index (χ1) is 7.45. The fraction of sp³-hybridized carbons (Fsp3) is 0.833. The number of hydrogen-bond acceptors (Lipinski definition) is 1. The Morgan fingerprint density at radius 3 is 2.62 bits per heavy atom. The van der Waals surface area contributed by atoms with Crippen molar-refractivity contribution in [3.63, 3.8) is 0 Å². The van der Waals surface area contributed by atoms with Crippen molar-refractivity contribution in [2.75, 3.05) is 0 Å². The molecule has 1 aliphatic rings. The number of allylic oxidation sites excluding steroid dienone is 1. The van der Waals surface area contributed by atoms with Crippen LogP contribution in [0.5, 0.6) is 0 Å². The van der Waals surface area contributed by atoms with Crippen LogP contribution in [0.2, 0.25) is 0 Å². The van der Waals surface area contributed by atoms with Gasteiger partial charge in [-0.2, -0.15) is 13.2 Å². The van der Waals surface area contributed by atoms with E-state index in [9.17, 15) is 13.2 Å². The van der Waals surface area contributed by atoms with Gasteiger partial charge in [-0.05, 0) is 38.0 Å². The van der Waals surface area contributed by atoms with Crippen LogP contribution in [0, 0.1) is 11.8 Å². The lowest BCUT2D eigenvalue weighted by atomic mass is 9.76. The lowest BCUT2D eigenvalue weighted by Crippen LogP contribution is -2.37. The molecule has 1 fully saturated rings. The van der Waals surface area contributed by atoms with E-state index in [1.165, 1.54) is 0 Å². The number of halogens is 3. The van der Waals surface area contributed by atoms with Crippen LogP contribution in [-0.2, 0) is 0 Å². The highest BCUT2D eigenvalue weighted by atomic mass is 19.4. The van der Waals surface area contributed by atoms with Crippen LogP contribution in [0.1, 0.15) is 38.5 Å². The van der Waals surface area contributed by atoms with E-state index in [4.69, 9.17) is 5.73 Å². The second-order valence-corrected chi connectivity index (χ2v) is 4.70. The summed E-state index contributed by atoms with van der Waals surface area (Å²) in [4.78, 5) is 0. The van der Waals surface area contributed by atoms with E-state index in [0.717, 1.165) is 19.3 Å². The number of alkyl halides is 3. The highest BCUT2D eigenvalue weighted by Crippen LogP contribution is 2.41. The van der Waals surface area contributed by atoms with Gasteiger partial charge in [-0.3, -0.25) is 0 Å². The molecule has 1 aliphatic carbocycles.